The van der Waals surface area contributed by atoms with Gasteiger partial charge in [0.05, 0.1) is 12.2 Å². The molecule has 0 aliphatic rings. The smallest absolute Gasteiger partial charge is 0.228 e. The quantitative estimate of drug-likeness (QED) is 0.768. The van der Waals surface area contributed by atoms with Crippen LogP contribution in [0.3, 0.4) is 0 Å². The first-order valence-electron chi connectivity index (χ1n) is 7.38. The van der Waals surface area contributed by atoms with Crippen molar-refractivity contribution < 1.29 is 17.9 Å². The van der Waals surface area contributed by atoms with Crippen LogP contribution in [0.15, 0.2) is 42.5 Å². The van der Waals surface area contributed by atoms with E-state index in [1.165, 1.54) is 0 Å². The molecule has 5 nitrogen and oxygen atoms in total. The summed E-state index contributed by atoms with van der Waals surface area (Å²) >= 11 is 12.1. The highest BCUT2D eigenvalue weighted by molar-refractivity contribution is 7.90. The fourth-order valence-electron chi connectivity index (χ4n) is 2.04. The molecule has 1 N–H and O–H groups in total. The second-order valence-corrected chi connectivity index (χ2v) is 8.51. The molecule has 0 bridgehead atoms. The van der Waals surface area contributed by atoms with Crippen molar-refractivity contribution in [3.63, 3.8) is 0 Å². The fourth-order valence-corrected chi connectivity index (χ4v) is 2.96. The summed E-state index contributed by atoms with van der Waals surface area (Å²) < 4.78 is 27.6. The first-order chi connectivity index (χ1) is 11.7. The Morgan fingerprint density at radius 3 is 2.40 bits per heavy atom. The van der Waals surface area contributed by atoms with Crippen molar-refractivity contribution in [1.29, 1.82) is 0 Å². The van der Waals surface area contributed by atoms with E-state index in [1.54, 1.807) is 42.5 Å². The Morgan fingerprint density at radius 1 is 1.12 bits per heavy atom. The van der Waals surface area contributed by atoms with Gasteiger partial charge in [-0.25, -0.2) is 8.42 Å². The van der Waals surface area contributed by atoms with Crippen molar-refractivity contribution in [3.8, 4) is 5.75 Å². The van der Waals surface area contributed by atoms with Gasteiger partial charge in [-0.2, -0.15) is 0 Å². The van der Waals surface area contributed by atoms with Crippen LogP contribution in [-0.2, 0) is 21.1 Å². The maximum atomic E-state index is 12.2. The fraction of sp³-hybridized carbons (Fsp3) is 0.235. The van der Waals surface area contributed by atoms with Crippen molar-refractivity contribution in [3.05, 3.63) is 58.1 Å². The molecule has 0 aliphatic heterocycles. The number of carbonyl (C=O) groups excluding carboxylic acids is 1. The van der Waals surface area contributed by atoms with E-state index in [0.29, 0.717) is 27.0 Å². The van der Waals surface area contributed by atoms with Crippen molar-refractivity contribution in [2.24, 2.45) is 0 Å². The average Bonchev–Trinajstić information content (AvgIpc) is 2.50. The van der Waals surface area contributed by atoms with Gasteiger partial charge in [-0.3, -0.25) is 4.79 Å². The molecule has 2 rings (SSSR count). The summed E-state index contributed by atoms with van der Waals surface area (Å²) in [4.78, 5) is 12.2. The monoisotopic (exact) mass is 401 g/mol. The van der Waals surface area contributed by atoms with Gasteiger partial charge in [0.2, 0.25) is 5.91 Å². The Morgan fingerprint density at radius 2 is 1.76 bits per heavy atom. The van der Waals surface area contributed by atoms with E-state index < -0.39 is 9.84 Å². The molecule has 1 amide bonds. The maximum Gasteiger partial charge on any atom is 0.228 e. The van der Waals surface area contributed by atoms with E-state index in [9.17, 15) is 13.2 Å². The Kier molecular flexibility index (Phi) is 6.70. The number of sulfone groups is 1. The molecule has 2 aromatic rings. The highest BCUT2D eigenvalue weighted by Crippen LogP contribution is 2.25. The minimum atomic E-state index is -3.09. The lowest BCUT2D eigenvalue weighted by Gasteiger charge is -2.10. The largest absolute Gasteiger partial charge is 0.492 e. The molecule has 0 saturated heterocycles. The number of rotatable bonds is 7. The van der Waals surface area contributed by atoms with Gasteiger partial charge < -0.3 is 10.1 Å². The Balaban J connectivity index is 1.98. The predicted octanol–water partition coefficient (Wildman–Crippen LogP) is 3.60. The van der Waals surface area contributed by atoms with E-state index in [1.807, 2.05) is 0 Å². The summed E-state index contributed by atoms with van der Waals surface area (Å²) in [6.45, 7) is 0.0471. The van der Waals surface area contributed by atoms with Gasteiger partial charge in [0.1, 0.15) is 12.4 Å². The van der Waals surface area contributed by atoms with Gasteiger partial charge in [0.25, 0.3) is 0 Å². The minimum Gasteiger partial charge on any atom is -0.492 e. The van der Waals surface area contributed by atoms with Crippen LogP contribution in [0.1, 0.15) is 5.56 Å². The summed E-state index contributed by atoms with van der Waals surface area (Å²) in [6.07, 6.45) is 1.19. The average molecular weight is 402 g/mol. The van der Waals surface area contributed by atoms with Crippen LogP contribution >= 0.6 is 23.2 Å². The molecular weight excluding hydrogens is 385 g/mol. The van der Waals surface area contributed by atoms with E-state index in [-0.39, 0.29) is 24.7 Å². The predicted molar refractivity (Wildman–Crippen MR) is 100 cm³/mol. The third kappa shape index (κ3) is 6.57. The van der Waals surface area contributed by atoms with Gasteiger partial charge >= 0.3 is 0 Å². The summed E-state index contributed by atoms with van der Waals surface area (Å²) in [7, 11) is -3.09. The number of ether oxygens (including phenoxy) is 1. The molecule has 0 radical (unpaired) electrons. The lowest BCUT2D eigenvalue weighted by atomic mass is 10.1. The zero-order valence-corrected chi connectivity index (χ0v) is 15.8. The van der Waals surface area contributed by atoms with Gasteiger partial charge in [0, 0.05) is 28.1 Å². The normalized spacial score (nSPS) is 11.2. The molecule has 0 aromatic heterocycles. The summed E-state index contributed by atoms with van der Waals surface area (Å²) in [5.74, 6) is 0.120. The number of nitrogens with one attached hydrogen (secondary N) is 1. The van der Waals surface area contributed by atoms with E-state index in [4.69, 9.17) is 27.9 Å². The molecule has 0 aliphatic carbocycles. The Labute approximate surface area is 156 Å². The van der Waals surface area contributed by atoms with Crippen molar-refractivity contribution in [2.45, 2.75) is 6.42 Å². The summed E-state index contributed by atoms with van der Waals surface area (Å²) in [5, 5.41) is 3.60. The second-order valence-electron chi connectivity index (χ2n) is 5.43. The van der Waals surface area contributed by atoms with Gasteiger partial charge in [0.15, 0.2) is 9.84 Å². The molecule has 8 heteroatoms. The zero-order chi connectivity index (χ0) is 18.4. The van der Waals surface area contributed by atoms with E-state index in [0.717, 1.165) is 6.26 Å². The van der Waals surface area contributed by atoms with Crippen LogP contribution < -0.4 is 10.1 Å². The molecule has 0 saturated carbocycles. The molecule has 0 heterocycles. The highest BCUT2D eigenvalue weighted by atomic mass is 35.5. The molecule has 0 atom stereocenters. The second kappa shape index (κ2) is 8.56. The van der Waals surface area contributed by atoms with Crippen LogP contribution in [0.2, 0.25) is 10.0 Å². The minimum absolute atomic E-state index is 0.0394. The van der Waals surface area contributed by atoms with Crippen LogP contribution in [0.5, 0.6) is 5.75 Å². The first kappa shape index (κ1) is 19.6. The Bertz CT molecular complexity index is 848. The SMILES string of the molecule is CS(=O)(=O)CCOc1cccc(NC(=O)Cc2c(Cl)cccc2Cl)c1. The first-order valence-corrected chi connectivity index (χ1v) is 10.2. The standard InChI is InChI=1S/C17H17Cl2NO4S/c1-25(22,23)9-8-24-13-5-2-4-12(10-13)20-17(21)11-14-15(18)6-3-7-16(14)19/h2-7,10H,8-9,11H2,1H3,(H,20,21). The molecule has 25 heavy (non-hydrogen) atoms. The number of benzene rings is 2. The number of hydrogen-bond donors (Lipinski definition) is 1. The Hall–Kier alpha value is -1.76. The van der Waals surface area contributed by atoms with Gasteiger partial charge in [-0.1, -0.05) is 35.3 Å². The van der Waals surface area contributed by atoms with Gasteiger partial charge in [-0.15, -0.1) is 0 Å². The lowest BCUT2D eigenvalue weighted by Crippen LogP contribution is -2.15. The van der Waals surface area contributed by atoms with Crippen molar-refractivity contribution in [1.82, 2.24) is 0 Å². The van der Waals surface area contributed by atoms with Gasteiger partial charge in [-0.05, 0) is 29.8 Å². The highest BCUT2D eigenvalue weighted by Gasteiger charge is 2.11. The number of hydrogen-bond acceptors (Lipinski definition) is 4. The van der Waals surface area contributed by atoms with E-state index in [2.05, 4.69) is 5.32 Å². The maximum absolute atomic E-state index is 12.2. The number of halogens is 2. The third-order valence-corrected chi connectivity index (χ3v) is 4.86. The number of anilines is 1. The lowest BCUT2D eigenvalue weighted by molar-refractivity contribution is -0.115. The van der Waals surface area contributed by atoms with Crippen molar-refractivity contribution in [2.75, 3.05) is 23.9 Å². The molecule has 0 fully saturated rings. The molecular formula is C17H17Cl2NO4S. The van der Waals surface area contributed by atoms with Crippen LogP contribution in [0.4, 0.5) is 5.69 Å². The molecule has 2 aromatic carbocycles. The topological polar surface area (TPSA) is 72.5 Å². The van der Waals surface area contributed by atoms with E-state index >= 15 is 0 Å². The van der Waals surface area contributed by atoms with Crippen LogP contribution in [-0.4, -0.2) is 32.9 Å². The summed E-state index contributed by atoms with van der Waals surface area (Å²) in [6, 6.07) is 11.8. The molecule has 0 spiro atoms. The zero-order valence-electron chi connectivity index (χ0n) is 13.5. The molecule has 134 valence electrons. The van der Waals surface area contributed by atoms with Crippen LogP contribution in [0.25, 0.3) is 0 Å². The summed E-state index contributed by atoms with van der Waals surface area (Å²) in [5.41, 5.74) is 1.09. The third-order valence-electron chi connectivity index (χ3n) is 3.24. The molecule has 0 unspecified atom stereocenters. The van der Waals surface area contributed by atoms with Crippen LogP contribution in [0, 0.1) is 0 Å². The number of amides is 1. The number of carbonyl (C=O) groups is 1. The van der Waals surface area contributed by atoms with Crippen molar-refractivity contribution >= 4 is 44.6 Å².